The van der Waals surface area contributed by atoms with Crippen LogP contribution in [0.4, 0.5) is 5.69 Å². The van der Waals surface area contributed by atoms with Gasteiger partial charge in [0.25, 0.3) is 0 Å². The molecule has 132 valence electrons. The van der Waals surface area contributed by atoms with Crippen molar-refractivity contribution in [3.8, 4) is 0 Å². The topological polar surface area (TPSA) is 58.4 Å². The second-order valence-electron chi connectivity index (χ2n) is 6.25. The van der Waals surface area contributed by atoms with Crippen LogP contribution in [0.25, 0.3) is 0 Å². The molecule has 23 heavy (non-hydrogen) atoms. The summed E-state index contributed by atoms with van der Waals surface area (Å²) in [7, 11) is 0. The number of nitrogens with zero attached hydrogens (tertiary/aromatic N) is 1. The summed E-state index contributed by atoms with van der Waals surface area (Å²) in [6.45, 7) is 6.93. The molecule has 1 aromatic rings. The Morgan fingerprint density at radius 1 is 1.30 bits per heavy atom. The van der Waals surface area contributed by atoms with Crippen molar-refractivity contribution < 1.29 is 4.79 Å². The number of benzene rings is 1. The summed E-state index contributed by atoms with van der Waals surface area (Å²) in [6, 6.07) is 8.18. The maximum atomic E-state index is 11.8. The minimum absolute atomic E-state index is 0. The third kappa shape index (κ3) is 6.58. The smallest absolute Gasteiger partial charge is 0.236 e. The van der Waals surface area contributed by atoms with E-state index < -0.39 is 0 Å². The lowest BCUT2D eigenvalue weighted by molar-refractivity contribution is -0.122. The summed E-state index contributed by atoms with van der Waals surface area (Å²) >= 11 is 0. The number of anilines is 1. The summed E-state index contributed by atoms with van der Waals surface area (Å²) in [5.74, 6) is 0.428. The third-order valence-corrected chi connectivity index (χ3v) is 3.95. The highest BCUT2D eigenvalue weighted by Crippen LogP contribution is 2.27. The number of para-hydroxylation sites is 1. The molecule has 0 aliphatic carbocycles. The minimum Gasteiger partial charge on any atom is -0.371 e. The van der Waals surface area contributed by atoms with Gasteiger partial charge in [-0.05, 0) is 36.8 Å². The van der Waals surface area contributed by atoms with Gasteiger partial charge in [-0.25, -0.2) is 0 Å². The highest BCUT2D eigenvalue weighted by atomic mass is 35.5. The third-order valence-electron chi connectivity index (χ3n) is 3.95. The molecule has 1 aliphatic heterocycles. The second-order valence-corrected chi connectivity index (χ2v) is 6.25. The van der Waals surface area contributed by atoms with Crippen molar-refractivity contribution >= 4 is 36.4 Å². The predicted octanol–water partition coefficient (Wildman–Crippen LogP) is 2.77. The number of halogens is 2. The number of hydrogen-bond donors (Lipinski definition) is 2. The van der Waals surface area contributed by atoms with Gasteiger partial charge >= 0.3 is 0 Å². The van der Waals surface area contributed by atoms with Crippen molar-refractivity contribution in [2.75, 3.05) is 24.5 Å². The minimum atomic E-state index is -0.377. The van der Waals surface area contributed by atoms with E-state index >= 15 is 0 Å². The predicted molar refractivity (Wildman–Crippen MR) is 102 cm³/mol. The molecular weight excluding hydrogens is 333 g/mol. The molecule has 0 radical (unpaired) electrons. The number of nitrogens with one attached hydrogen (secondary N) is 1. The molecule has 0 bridgehead atoms. The number of rotatable bonds is 7. The number of hydrogen-bond acceptors (Lipinski definition) is 3. The van der Waals surface area contributed by atoms with E-state index in [4.69, 9.17) is 5.73 Å². The number of amides is 1. The summed E-state index contributed by atoms with van der Waals surface area (Å²) in [4.78, 5) is 14.2. The Kier molecular flexibility index (Phi) is 10.3. The maximum absolute atomic E-state index is 11.8. The van der Waals surface area contributed by atoms with Gasteiger partial charge in [0.1, 0.15) is 0 Å². The number of carbonyl (C=O) groups is 1. The van der Waals surface area contributed by atoms with Crippen LogP contribution in [0.1, 0.15) is 32.3 Å². The van der Waals surface area contributed by atoms with Gasteiger partial charge in [-0.3, -0.25) is 4.79 Å². The van der Waals surface area contributed by atoms with Crippen molar-refractivity contribution in [3.63, 3.8) is 0 Å². The van der Waals surface area contributed by atoms with E-state index in [2.05, 4.69) is 48.3 Å². The highest BCUT2D eigenvalue weighted by Gasteiger charge is 2.18. The molecule has 4 nitrogen and oxygen atoms in total. The first-order valence-corrected chi connectivity index (χ1v) is 7.94. The molecule has 0 fully saturated rings. The average Bonchev–Trinajstić information content (AvgIpc) is 2.86. The SMILES string of the molecule is CC(C)C[C@H](N)C(=O)NCCCN1CCc2ccccc21.Cl.Cl. The second kappa shape index (κ2) is 10.7. The quantitative estimate of drug-likeness (QED) is 0.734. The van der Waals surface area contributed by atoms with Gasteiger partial charge in [0.2, 0.25) is 5.91 Å². The monoisotopic (exact) mass is 361 g/mol. The van der Waals surface area contributed by atoms with E-state index in [1.165, 1.54) is 11.3 Å². The Balaban J connectivity index is 0.00000242. The molecule has 1 aromatic carbocycles. The van der Waals surface area contributed by atoms with Gasteiger partial charge in [-0.2, -0.15) is 0 Å². The first-order chi connectivity index (χ1) is 10.1. The molecule has 1 heterocycles. The first-order valence-electron chi connectivity index (χ1n) is 7.94. The first kappa shape index (κ1) is 22.0. The number of fused-ring (bicyclic) bond motifs is 1. The van der Waals surface area contributed by atoms with Crippen LogP contribution in [-0.2, 0) is 11.2 Å². The van der Waals surface area contributed by atoms with Gasteiger partial charge in [0.05, 0.1) is 6.04 Å². The van der Waals surface area contributed by atoms with Crippen molar-refractivity contribution in [1.82, 2.24) is 5.32 Å². The molecule has 2 rings (SSSR count). The fourth-order valence-electron chi connectivity index (χ4n) is 2.87. The highest BCUT2D eigenvalue weighted by molar-refractivity contribution is 5.85. The largest absolute Gasteiger partial charge is 0.371 e. The van der Waals surface area contributed by atoms with Crippen LogP contribution in [0.2, 0.25) is 0 Å². The molecular formula is C17H29Cl2N3O. The molecule has 3 N–H and O–H groups in total. The van der Waals surface area contributed by atoms with E-state index in [1.54, 1.807) is 0 Å². The molecule has 0 unspecified atom stereocenters. The standard InChI is InChI=1S/C17H27N3O.2ClH/c1-13(2)12-15(18)17(21)19-9-5-10-20-11-8-14-6-3-4-7-16(14)20;;/h3-4,6-7,13,15H,5,8-12,18H2,1-2H3,(H,19,21);2*1H/t15-;;/m0../s1. The molecule has 0 spiro atoms. The Morgan fingerprint density at radius 2 is 2.00 bits per heavy atom. The zero-order chi connectivity index (χ0) is 15.2. The fourth-order valence-corrected chi connectivity index (χ4v) is 2.87. The van der Waals surface area contributed by atoms with E-state index in [0.29, 0.717) is 12.5 Å². The van der Waals surface area contributed by atoms with Crippen LogP contribution in [0.3, 0.4) is 0 Å². The number of carbonyl (C=O) groups excluding carboxylic acids is 1. The summed E-state index contributed by atoms with van der Waals surface area (Å²) in [5, 5.41) is 2.95. The molecule has 0 saturated carbocycles. The molecule has 1 atom stereocenters. The molecule has 0 aromatic heterocycles. The lowest BCUT2D eigenvalue weighted by atomic mass is 10.0. The molecule has 1 amide bonds. The maximum Gasteiger partial charge on any atom is 0.236 e. The van der Waals surface area contributed by atoms with Crippen molar-refractivity contribution in [2.45, 2.75) is 39.2 Å². The van der Waals surface area contributed by atoms with Gasteiger partial charge in [-0.1, -0.05) is 32.0 Å². The lowest BCUT2D eigenvalue weighted by Crippen LogP contribution is -2.42. The van der Waals surface area contributed by atoms with Crippen LogP contribution in [-0.4, -0.2) is 31.6 Å². The lowest BCUT2D eigenvalue weighted by Gasteiger charge is -2.20. The van der Waals surface area contributed by atoms with Gasteiger partial charge < -0.3 is 16.0 Å². The zero-order valence-electron chi connectivity index (χ0n) is 14.0. The Bertz CT molecular complexity index is 483. The summed E-state index contributed by atoms with van der Waals surface area (Å²) in [6.07, 6.45) is 2.82. The van der Waals surface area contributed by atoms with Gasteiger partial charge in [0.15, 0.2) is 0 Å². The van der Waals surface area contributed by atoms with Gasteiger partial charge in [0, 0.05) is 25.3 Å². The Morgan fingerprint density at radius 3 is 2.70 bits per heavy atom. The van der Waals surface area contributed by atoms with E-state index in [1.807, 2.05) is 0 Å². The van der Waals surface area contributed by atoms with Crippen LogP contribution in [0.5, 0.6) is 0 Å². The Labute approximate surface area is 152 Å². The van der Waals surface area contributed by atoms with E-state index in [-0.39, 0.29) is 36.8 Å². The summed E-state index contributed by atoms with van der Waals surface area (Å²) < 4.78 is 0. The van der Waals surface area contributed by atoms with Crippen LogP contribution in [0, 0.1) is 5.92 Å². The normalized spacial score (nSPS) is 13.8. The van der Waals surface area contributed by atoms with Crippen LogP contribution >= 0.6 is 24.8 Å². The number of nitrogens with two attached hydrogens (primary N) is 1. The van der Waals surface area contributed by atoms with E-state index in [9.17, 15) is 4.79 Å². The van der Waals surface area contributed by atoms with Gasteiger partial charge in [-0.15, -0.1) is 24.8 Å². The fraction of sp³-hybridized carbons (Fsp3) is 0.588. The van der Waals surface area contributed by atoms with Crippen molar-refractivity contribution in [1.29, 1.82) is 0 Å². The summed E-state index contributed by atoms with van der Waals surface area (Å²) in [5.41, 5.74) is 8.64. The van der Waals surface area contributed by atoms with Crippen molar-refractivity contribution in [2.24, 2.45) is 11.7 Å². The zero-order valence-corrected chi connectivity index (χ0v) is 15.6. The van der Waals surface area contributed by atoms with E-state index in [0.717, 1.165) is 32.4 Å². The molecule has 6 heteroatoms. The van der Waals surface area contributed by atoms with Crippen molar-refractivity contribution in [3.05, 3.63) is 29.8 Å². The van der Waals surface area contributed by atoms with Crippen LogP contribution in [0.15, 0.2) is 24.3 Å². The Hall–Kier alpha value is -0.970. The van der Waals surface area contributed by atoms with Crippen LogP contribution < -0.4 is 16.0 Å². The molecule has 1 aliphatic rings. The average molecular weight is 362 g/mol. The molecule has 0 saturated heterocycles.